The standard InChI is InChI=1S/C23H20N2O3S/c1-17-6-4-5-7-19(17)9-8-18-14-20(16-24-15-18)23(26)25-29(3,27)22-12-10-21(28-2)11-13-22/h4-7,10-16H,1-3H3. The predicted molar refractivity (Wildman–Crippen MR) is 113 cm³/mol. The van der Waals surface area contributed by atoms with Crippen LogP contribution in [-0.4, -0.2) is 28.5 Å². The molecule has 0 saturated heterocycles. The van der Waals surface area contributed by atoms with Gasteiger partial charge in [0.1, 0.15) is 5.75 Å². The number of aryl methyl sites for hydroxylation is 1. The molecule has 0 saturated carbocycles. The number of benzene rings is 2. The lowest BCUT2D eigenvalue weighted by molar-refractivity contribution is 0.100. The molecule has 0 aliphatic rings. The summed E-state index contributed by atoms with van der Waals surface area (Å²) in [6.07, 6.45) is 4.41. The van der Waals surface area contributed by atoms with Crippen molar-refractivity contribution in [3.63, 3.8) is 0 Å². The number of carbonyl (C=O) groups is 1. The van der Waals surface area contributed by atoms with Crippen LogP contribution in [0.1, 0.15) is 27.0 Å². The van der Waals surface area contributed by atoms with E-state index in [2.05, 4.69) is 21.2 Å². The Kier molecular flexibility index (Phi) is 6.10. The van der Waals surface area contributed by atoms with Crippen LogP contribution in [0, 0.1) is 18.8 Å². The minimum absolute atomic E-state index is 0.240. The van der Waals surface area contributed by atoms with Crippen molar-refractivity contribution < 1.29 is 13.7 Å². The van der Waals surface area contributed by atoms with Crippen LogP contribution in [0.2, 0.25) is 0 Å². The van der Waals surface area contributed by atoms with Crippen molar-refractivity contribution in [3.05, 3.63) is 89.2 Å². The fourth-order valence-corrected chi connectivity index (χ4v) is 3.74. The van der Waals surface area contributed by atoms with Crippen LogP contribution in [0.4, 0.5) is 0 Å². The van der Waals surface area contributed by atoms with E-state index in [1.165, 1.54) is 12.5 Å². The predicted octanol–water partition coefficient (Wildman–Crippen LogP) is 4.10. The van der Waals surface area contributed by atoms with Gasteiger partial charge in [0.15, 0.2) is 0 Å². The highest BCUT2D eigenvalue weighted by Crippen LogP contribution is 2.18. The van der Waals surface area contributed by atoms with Gasteiger partial charge in [-0.15, -0.1) is 0 Å². The summed E-state index contributed by atoms with van der Waals surface area (Å²) in [6, 6.07) is 16.0. The van der Waals surface area contributed by atoms with Gasteiger partial charge in [0, 0.05) is 34.7 Å². The fraction of sp³-hybridized carbons (Fsp3) is 0.130. The molecule has 6 heteroatoms. The highest BCUT2D eigenvalue weighted by molar-refractivity contribution is 7.93. The fourth-order valence-electron chi connectivity index (χ4n) is 2.57. The number of carbonyl (C=O) groups excluding carboxylic acids is 1. The zero-order valence-corrected chi connectivity index (χ0v) is 17.2. The molecule has 3 rings (SSSR count). The lowest BCUT2D eigenvalue weighted by Crippen LogP contribution is -2.04. The van der Waals surface area contributed by atoms with E-state index < -0.39 is 15.6 Å². The van der Waals surface area contributed by atoms with E-state index in [4.69, 9.17) is 4.74 Å². The molecule has 29 heavy (non-hydrogen) atoms. The second kappa shape index (κ2) is 8.72. The summed E-state index contributed by atoms with van der Waals surface area (Å²) >= 11 is 0. The average Bonchev–Trinajstić information content (AvgIpc) is 2.73. The molecule has 1 atom stereocenters. The maximum atomic E-state index is 12.9. The Hall–Kier alpha value is -3.43. The number of pyridine rings is 1. The number of methoxy groups -OCH3 is 1. The first-order valence-electron chi connectivity index (χ1n) is 8.82. The number of ether oxygens (including phenoxy) is 1. The molecule has 0 bridgehead atoms. The topological polar surface area (TPSA) is 68.6 Å². The number of rotatable bonds is 3. The number of hydrogen-bond donors (Lipinski definition) is 0. The number of amides is 1. The molecule has 0 spiro atoms. The molecule has 1 aromatic heterocycles. The summed E-state index contributed by atoms with van der Waals surface area (Å²) in [5.74, 6) is 6.13. The molecular weight excluding hydrogens is 384 g/mol. The second-order valence-corrected chi connectivity index (χ2v) is 8.66. The lowest BCUT2D eigenvalue weighted by Gasteiger charge is -2.05. The van der Waals surface area contributed by atoms with Crippen LogP contribution in [0.15, 0.2) is 76.2 Å². The van der Waals surface area contributed by atoms with Gasteiger partial charge in [-0.1, -0.05) is 30.0 Å². The van der Waals surface area contributed by atoms with Crippen LogP contribution in [0.3, 0.4) is 0 Å². The van der Waals surface area contributed by atoms with E-state index in [0.29, 0.717) is 16.2 Å². The van der Waals surface area contributed by atoms with Gasteiger partial charge in [-0.3, -0.25) is 9.78 Å². The van der Waals surface area contributed by atoms with Gasteiger partial charge >= 0.3 is 0 Å². The Balaban J connectivity index is 1.88. The zero-order valence-electron chi connectivity index (χ0n) is 16.4. The van der Waals surface area contributed by atoms with E-state index in [-0.39, 0.29) is 5.56 Å². The average molecular weight is 404 g/mol. The van der Waals surface area contributed by atoms with Gasteiger partial charge in [0.2, 0.25) is 0 Å². The summed E-state index contributed by atoms with van der Waals surface area (Å²) in [4.78, 5) is 17.1. The molecule has 0 aliphatic carbocycles. The molecule has 1 amide bonds. The molecule has 0 N–H and O–H groups in total. The number of aromatic nitrogens is 1. The largest absolute Gasteiger partial charge is 0.497 e. The van der Waals surface area contributed by atoms with E-state index >= 15 is 0 Å². The maximum absolute atomic E-state index is 12.9. The quantitative estimate of drug-likeness (QED) is 0.617. The molecule has 2 aromatic carbocycles. The number of nitrogens with zero attached hydrogens (tertiary/aromatic N) is 2. The Bertz CT molecular complexity index is 1230. The lowest BCUT2D eigenvalue weighted by atomic mass is 10.1. The summed E-state index contributed by atoms with van der Waals surface area (Å²) in [5, 5.41) is 0. The molecule has 0 aliphatic heterocycles. The smallest absolute Gasteiger partial charge is 0.286 e. The van der Waals surface area contributed by atoms with Gasteiger partial charge in [0.05, 0.1) is 22.4 Å². The Labute approximate surface area is 171 Å². The van der Waals surface area contributed by atoms with E-state index in [1.54, 1.807) is 43.6 Å². The molecular formula is C23H20N2O3S. The highest BCUT2D eigenvalue weighted by atomic mass is 32.2. The minimum Gasteiger partial charge on any atom is -0.497 e. The monoisotopic (exact) mass is 404 g/mol. The molecule has 0 radical (unpaired) electrons. The van der Waals surface area contributed by atoms with E-state index in [0.717, 1.165) is 11.1 Å². The van der Waals surface area contributed by atoms with Gasteiger partial charge < -0.3 is 4.74 Å². The SMILES string of the molecule is COc1ccc(S(C)(=O)=NC(=O)c2cncc(C#Cc3ccccc3C)c2)cc1. The number of hydrogen-bond acceptors (Lipinski definition) is 4. The van der Waals surface area contributed by atoms with Crippen molar-refractivity contribution in [1.82, 2.24) is 4.98 Å². The summed E-state index contributed by atoms with van der Waals surface area (Å²) in [6.45, 7) is 1.98. The third-order valence-electron chi connectivity index (χ3n) is 4.23. The summed E-state index contributed by atoms with van der Waals surface area (Å²) in [5.41, 5.74) is 2.80. The normalized spacial score (nSPS) is 12.2. The molecule has 0 fully saturated rings. The Morgan fingerprint density at radius 3 is 2.48 bits per heavy atom. The minimum atomic E-state index is -2.90. The molecule has 3 aromatic rings. The van der Waals surface area contributed by atoms with Crippen LogP contribution in [-0.2, 0) is 9.73 Å². The third-order valence-corrected chi connectivity index (χ3v) is 5.89. The van der Waals surface area contributed by atoms with Crippen LogP contribution < -0.4 is 4.74 Å². The highest BCUT2D eigenvalue weighted by Gasteiger charge is 2.12. The van der Waals surface area contributed by atoms with Crippen molar-refractivity contribution in [2.45, 2.75) is 11.8 Å². The van der Waals surface area contributed by atoms with Crippen molar-refractivity contribution >= 4 is 15.6 Å². The molecule has 1 heterocycles. The van der Waals surface area contributed by atoms with Gasteiger partial charge in [-0.2, -0.15) is 4.36 Å². The van der Waals surface area contributed by atoms with Crippen molar-refractivity contribution in [2.24, 2.45) is 4.36 Å². The van der Waals surface area contributed by atoms with E-state index in [1.807, 2.05) is 31.2 Å². The second-order valence-electron chi connectivity index (χ2n) is 6.40. The first kappa shape index (κ1) is 20.3. The summed E-state index contributed by atoms with van der Waals surface area (Å²) < 4.78 is 22.0. The Morgan fingerprint density at radius 1 is 1.07 bits per heavy atom. The van der Waals surface area contributed by atoms with Crippen molar-refractivity contribution in [3.8, 4) is 17.6 Å². The first-order chi connectivity index (χ1) is 13.9. The zero-order chi connectivity index (χ0) is 20.9. The summed E-state index contributed by atoms with van der Waals surface area (Å²) in [7, 11) is -1.35. The van der Waals surface area contributed by atoms with Crippen LogP contribution in [0.25, 0.3) is 0 Å². The first-order valence-corrected chi connectivity index (χ1v) is 10.7. The third kappa shape index (κ3) is 5.09. The van der Waals surface area contributed by atoms with Gasteiger partial charge in [0.25, 0.3) is 5.91 Å². The van der Waals surface area contributed by atoms with Gasteiger partial charge in [-0.25, -0.2) is 4.21 Å². The van der Waals surface area contributed by atoms with Crippen LogP contribution in [0.5, 0.6) is 5.75 Å². The van der Waals surface area contributed by atoms with Crippen molar-refractivity contribution in [1.29, 1.82) is 0 Å². The van der Waals surface area contributed by atoms with Crippen LogP contribution >= 0.6 is 0 Å². The maximum Gasteiger partial charge on any atom is 0.286 e. The molecule has 146 valence electrons. The van der Waals surface area contributed by atoms with Gasteiger partial charge in [-0.05, 0) is 48.9 Å². The van der Waals surface area contributed by atoms with Crippen molar-refractivity contribution in [2.75, 3.05) is 13.4 Å². The molecule has 5 nitrogen and oxygen atoms in total. The van der Waals surface area contributed by atoms with E-state index in [9.17, 15) is 9.00 Å². The Morgan fingerprint density at radius 2 is 1.79 bits per heavy atom. The molecule has 1 unspecified atom stereocenters.